The van der Waals surface area contributed by atoms with E-state index >= 15 is 0 Å². The van der Waals surface area contributed by atoms with Crippen molar-refractivity contribution in [1.82, 2.24) is 25.2 Å². The van der Waals surface area contributed by atoms with Crippen LogP contribution in [0.4, 0.5) is 13.2 Å². The molecule has 0 radical (unpaired) electrons. The molecule has 10 heteroatoms. The summed E-state index contributed by atoms with van der Waals surface area (Å²) in [4.78, 5) is 4.29. The van der Waals surface area contributed by atoms with Gasteiger partial charge in [-0.1, -0.05) is 11.8 Å². The van der Waals surface area contributed by atoms with Gasteiger partial charge in [0.05, 0.1) is 12.8 Å². The minimum absolute atomic E-state index is 0.0954. The van der Waals surface area contributed by atoms with Gasteiger partial charge in [0.25, 0.3) is 0 Å². The molecule has 0 saturated heterocycles. The van der Waals surface area contributed by atoms with E-state index < -0.39 is 12.7 Å². The van der Waals surface area contributed by atoms with Gasteiger partial charge in [-0.05, 0) is 24.3 Å². The molecule has 22 heavy (non-hydrogen) atoms. The van der Waals surface area contributed by atoms with E-state index in [2.05, 4.69) is 20.5 Å². The van der Waals surface area contributed by atoms with Crippen molar-refractivity contribution in [3.05, 3.63) is 23.0 Å². The normalized spacial score (nSPS) is 11.7. The maximum atomic E-state index is 12.4. The van der Waals surface area contributed by atoms with Crippen LogP contribution in [-0.4, -0.2) is 38.5 Å². The van der Waals surface area contributed by atoms with Crippen LogP contribution in [0.2, 0.25) is 0 Å². The molecule has 0 aliphatic carbocycles. The standard InChI is InChI=1S/C12H14F3N5OS/c1-7-4-16-9(8(2)10(7)21-3)5-22-11-17-18-19-20(11)6-12(13,14)15/h4H,5-6H2,1-3H3. The fourth-order valence-electron chi connectivity index (χ4n) is 1.92. The number of hydrogen-bond donors (Lipinski definition) is 0. The second-order valence-corrected chi connectivity index (χ2v) is 5.51. The Hall–Kier alpha value is -1.84. The summed E-state index contributed by atoms with van der Waals surface area (Å²) in [5, 5.41) is 10.3. The van der Waals surface area contributed by atoms with Crippen molar-refractivity contribution < 1.29 is 17.9 Å². The minimum Gasteiger partial charge on any atom is -0.496 e. The molecule has 0 amide bonds. The van der Waals surface area contributed by atoms with E-state index in [1.54, 1.807) is 13.3 Å². The third-order valence-corrected chi connectivity index (χ3v) is 3.88. The lowest BCUT2D eigenvalue weighted by atomic mass is 10.1. The first kappa shape index (κ1) is 16.5. The number of tetrazole rings is 1. The predicted molar refractivity (Wildman–Crippen MR) is 73.7 cm³/mol. The van der Waals surface area contributed by atoms with E-state index in [-0.39, 0.29) is 5.16 Å². The molecule has 0 N–H and O–H groups in total. The average Bonchev–Trinajstić information content (AvgIpc) is 2.83. The summed E-state index contributed by atoms with van der Waals surface area (Å²) >= 11 is 1.10. The lowest BCUT2D eigenvalue weighted by molar-refractivity contribution is -0.144. The Morgan fingerprint density at radius 3 is 2.68 bits per heavy atom. The molecule has 6 nitrogen and oxygen atoms in total. The highest BCUT2D eigenvalue weighted by Crippen LogP contribution is 2.28. The molecule has 2 aromatic heterocycles. The van der Waals surface area contributed by atoms with Crippen molar-refractivity contribution in [2.75, 3.05) is 7.11 Å². The van der Waals surface area contributed by atoms with Gasteiger partial charge in [0.15, 0.2) is 0 Å². The molecular formula is C12H14F3N5OS. The van der Waals surface area contributed by atoms with Gasteiger partial charge < -0.3 is 4.74 Å². The number of ether oxygens (including phenoxy) is 1. The Bertz CT molecular complexity index is 659. The number of aryl methyl sites for hydroxylation is 1. The highest BCUT2D eigenvalue weighted by atomic mass is 32.2. The lowest BCUT2D eigenvalue weighted by Crippen LogP contribution is -2.19. The molecule has 0 fully saturated rings. The zero-order valence-corrected chi connectivity index (χ0v) is 13.0. The van der Waals surface area contributed by atoms with Crippen LogP contribution in [0, 0.1) is 13.8 Å². The number of aromatic nitrogens is 5. The Kier molecular flexibility index (Phi) is 4.89. The molecule has 0 unspecified atom stereocenters. The highest BCUT2D eigenvalue weighted by molar-refractivity contribution is 7.98. The summed E-state index contributed by atoms with van der Waals surface area (Å²) in [6.45, 7) is 2.51. The molecule has 0 bridgehead atoms. The Morgan fingerprint density at radius 2 is 2.05 bits per heavy atom. The van der Waals surface area contributed by atoms with E-state index in [0.29, 0.717) is 11.4 Å². The number of rotatable bonds is 5. The first-order chi connectivity index (χ1) is 10.3. The number of nitrogens with zero attached hydrogens (tertiary/aromatic N) is 5. The van der Waals surface area contributed by atoms with Crippen molar-refractivity contribution >= 4 is 11.8 Å². The molecule has 0 aromatic carbocycles. The van der Waals surface area contributed by atoms with Crippen LogP contribution < -0.4 is 4.74 Å². The summed E-state index contributed by atoms with van der Waals surface area (Å²) in [5.41, 5.74) is 2.47. The summed E-state index contributed by atoms with van der Waals surface area (Å²) in [5.74, 6) is 1.07. The van der Waals surface area contributed by atoms with Gasteiger partial charge in [0.2, 0.25) is 5.16 Å². The number of thioether (sulfide) groups is 1. The van der Waals surface area contributed by atoms with Gasteiger partial charge in [0, 0.05) is 23.1 Å². The van der Waals surface area contributed by atoms with E-state index in [0.717, 1.165) is 33.3 Å². The van der Waals surface area contributed by atoms with Gasteiger partial charge in [0.1, 0.15) is 12.3 Å². The molecular weight excluding hydrogens is 319 g/mol. The van der Waals surface area contributed by atoms with Crippen molar-refractivity contribution in [3.63, 3.8) is 0 Å². The summed E-state index contributed by atoms with van der Waals surface area (Å²) in [7, 11) is 1.57. The zero-order chi connectivity index (χ0) is 16.3. The first-order valence-electron chi connectivity index (χ1n) is 6.26. The molecule has 120 valence electrons. The van der Waals surface area contributed by atoms with Gasteiger partial charge in [-0.2, -0.15) is 13.2 Å². The smallest absolute Gasteiger partial charge is 0.408 e. The molecule has 0 saturated carbocycles. The molecule has 0 aliphatic rings. The fraction of sp³-hybridized carbons (Fsp3) is 0.500. The third-order valence-electron chi connectivity index (χ3n) is 2.92. The number of halogens is 3. The van der Waals surface area contributed by atoms with E-state index in [1.165, 1.54) is 0 Å². The Balaban J connectivity index is 2.13. The summed E-state index contributed by atoms with van der Waals surface area (Å²) in [6.07, 6.45) is -2.70. The molecule has 0 atom stereocenters. The van der Waals surface area contributed by atoms with Gasteiger partial charge in [-0.3, -0.25) is 4.98 Å². The minimum atomic E-state index is -4.37. The third kappa shape index (κ3) is 3.87. The van der Waals surface area contributed by atoms with Crippen LogP contribution in [0.25, 0.3) is 0 Å². The van der Waals surface area contributed by atoms with E-state index in [1.807, 2.05) is 13.8 Å². The number of hydrogen-bond acceptors (Lipinski definition) is 6. The van der Waals surface area contributed by atoms with Crippen LogP contribution in [0.3, 0.4) is 0 Å². The fourth-order valence-corrected chi connectivity index (χ4v) is 2.82. The van der Waals surface area contributed by atoms with E-state index in [4.69, 9.17) is 4.74 Å². The quantitative estimate of drug-likeness (QED) is 0.784. The maximum absolute atomic E-state index is 12.4. The highest BCUT2D eigenvalue weighted by Gasteiger charge is 2.30. The second-order valence-electron chi connectivity index (χ2n) is 4.57. The molecule has 0 aliphatic heterocycles. The maximum Gasteiger partial charge on any atom is 0.408 e. The van der Waals surface area contributed by atoms with Gasteiger partial charge in [-0.15, -0.1) is 5.10 Å². The molecule has 2 aromatic rings. The van der Waals surface area contributed by atoms with Crippen LogP contribution in [-0.2, 0) is 12.3 Å². The van der Waals surface area contributed by atoms with Crippen LogP contribution >= 0.6 is 11.8 Å². The SMILES string of the molecule is COc1c(C)cnc(CSc2nnnn2CC(F)(F)F)c1C. The van der Waals surface area contributed by atoms with Crippen molar-refractivity contribution in [1.29, 1.82) is 0 Å². The van der Waals surface area contributed by atoms with Crippen LogP contribution in [0.1, 0.15) is 16.8 Å². The Labute approximate surface area is 129 Å². The zero-order valence-electron chi connectivity index (χ0n) is 12.2. The average molecular weight is 333 g/mol. The molecule has 2 rings (SSSR count). The second kappa shape index (κ2) is 6.51. The number of pyridine rings is 1. The molecule has 0 spiro atoms. The number of alkyl halides is 3. The summed E-state index contributed by atoms with van der Waals surface area (Å²) in [6, 6.07) is 0. The van der Waals surface area contributed by atoms with Crippen LogP contribution in [0.5, 0.6) is 5.75 Å². The van der Waals surface area contributed by atoms with E-state index in [9.17, 15) is 13.2 Å². The molecule has 2 heterocycles. The van der Waals surface area contributed by atoms with Gasteiger partial charge in [-0.25, -0.2) is 4.68 Å². The first-order valence-corrected chi connectivity index (χ1v) is 7.25. The number of methoxy groups -OCH3 is 1. The van der Waals surface area contributed by atoms with Gasteiger partial charge >= 0.3 is 6.18 Å². The lowest BCUT2D eigenvalue weighted by Gasteiger charge is -2.12. The van der Waals surface area contributed by atoms with Crippen molar-refractivity contribution in [2.24, 2.45) is 0 Å². The Morgan fingerprint density at radius 1 is 1.32 bits per heavy atom. The largest absolute Gasteiger partial charge is 0.496 e. The van der Waals surface area contributed by atoms with Crippen LogP contribution in [0.15, 0.2) is 11.4 Å². The van der Waals surface area contributed by atoms with Crippen molar-refractivity contribution in [2.45, 2.75) is 37.5 Å². The topological polar surface area (TPSA) is 65.7 Å². The monoisotopic (exact) mass is 333 g/mol. The van der Waals surface area contributed by atoms with Crippen molar-refractivity contribution in [3.8, 4) is 5.75 Å². The predicted octanol–water partition coefficient (Wildman–Crippen LogP) is 2.55. The summed E-state index contributed by atoms with van der Waals surface area (Å²) < 4.78 is 43.3.